The van der Waals surface area contributed by atoms with E-state index in [9.17, 15) is 4.79 Å². The number of nitrogens with one attached hydrogen (secondary N) is 1. The molecule has 1 aliphatic heterocycles. The smallest absolute Gasteiger partial charge is 0.173 e. The molecule has 22 heavy (non-hydrogen) atoms. The molecule has 1 aromatic rings. The van der Waals surface area contributed by atoms with Gasteiger partial charge in [-0.15, -0.1) is 0 Å². The minimum Gasteiger partial charge on any atom is -0.351 e. The van der Waals surface area contributed by atoms with Crippen molar-refractivity contribution < 1.29 is 4.79 Å². The summed E-state index contributed by atoms with van der Waals surface area (Å²) in [6.07, 6.45) is 0.937. The Morgan fingerprint density at radius 1 is 1.41 bits per heavy atom. The van der Waals surface area contributed by atoms with Crippen molar-refractivity contribution in [2.24, 2.45) is 0 Å². The van der Waals surface area contributed by atoms with E-state index in [1.54, 1.807) is 13.0 Å². The molecule has 1 heterocycles. The average Bonchev–Trinajstić information content (AvgIpc) is 2.45. The molecule has 0 radical (unpaired) electrons. The van der Waals surface area contributed by atoms with Gasteiger partial charge in [-0.3, -0.25) is 4.79 Å². The lowest BCUT2D eigenvalue weighted by Crippen LogP contribution is -2.47. The van der Waals surface area contributed by atoms with E-state index in [4.69, 9.17) is 35.4 Å². The zero-order valence-corrected chi connectivity index (χ0v) is 15.1. The van der Waals surface area contributed by atoms with Crippen LogP contribution in [0.1, 0.15) is 38.8 Å². The number of benzene rings is 1. The summed E-state index contributed by atoms with van der Waals surface area (Å²) in [4.78, 5) is 14.2. The maximum Gasteiger partial charge on any atom is 0.173 e. The largest absolute Gasteiger partial charge is 0.351 e. The first-order chi connectivity index (χ1) is 10.4. The lowest BCUT2D eigenvalue weighted by Gasteiger charge is -2.38. The van der Waals surface area contributed by atoms with E-state index in [0.717, 1.165) is 24.2 Å². The van der Waals surface area contributed by atoms with Crippen LogP contribution in [0.4, 0.5) is 0 Å². The molecule has 1 aliphatic rings. The van der Waals surface area contributed by atoms with E-state index in [2.05, 4.69) is 12.2 Å². The molecule has 0 aromatic heterocycles. The van der Waals surface area contributed by atoms with Crippen LogP contribution in [0, 0.1) is 0 Å². The highest BCUT2D eigenvalue weighted by Gasteiger charge is 2.33. The second-order valence-corrected chi connectivity index (χ2v) is 6.40. The first-order valence-corrected chi connectivity index (χ1v) is 8.28. The number of carbonyl (C=O) groups excluding carboxylic acids is 1. The normalized spacial score (nSPS) is 18.5. The lowest BCUT2D eigenvalue weighted by atomic mass is 9.92. The van der Waals surface area contributed by atoms with Crippen LogP contribution in [-0.2, 0) is 4.79 Å². The van der Waals surface area contributed by atoms with Crippen LogP contribution in [0.2, 0.25) is 10.0 Å². The molecule has 2 rings (SSSR count). The Kier molecular flexibility index (Phi) is 5.48. The quantitative estimate of drug-likeness (QED) is 0.805. The summed E-state index contributed by atoms with van der Waals surface area (Å²) in [7, 11) is 0. The van der Waals surface area contributed by atoms with Crippen molar-refractivity contribution in [3.05, 3.63) is 45.1 Å². The average molecular weight is 357 g/mol. The van der Waals surface area contributed by atoms with E-state index in [1.807, 2.05) is 24.0 Å². The van der Waals surface area contributed by atoms with Crippen LogP contribution in [0.15, 0.2) is 29.5 Å². The third-order valence-electron chi connectivity index (χ3n) is 3.72. The van der Waals surface area contributed by atoms with E-state index < -0.39 is 0 Å². The van der Waals surface area contributed by atoms with Crippen LogP contribution in [0.3, 0.4) is 0 Å². The predicted octanol–water partition coefficient (Wildman–Crippen LogP) is 4.50. The molecule has 0 bridgehead atoms. The van der Waals surface area contributed by atoms with Gasteiger partial charge >= 0.3 is 0 Å². The highest BCUT2D eigenvalue weighted by Crippen LogP contribution is 2.37. The van der Waals surface area contributed by atoms with Gasteiger partial charge < -0.3 is 10.2 Å². The molecule has 0 saturated heterocycles. The van der Waals surface area contributed by atoms with E-state index in [0.29, 0.717) is 20.7 Å². The molecule has 0 saturated carbocycles. The van der Waals surface area contributed by atoms with Crippen LogP contribution in [0.5, 0.6) is 0 Å². The number of allylic oxidation sites excluding steroid dienone is 1. The standard InChI is InChI=1S/C16H18Cl2N2OS/c1-4-8-20-9(2)13(10(3)21)15(19-16(20)22)11-6-5-7-12(17)14(11)18/h5-7,15H,4,8H2,1-3H3,(H,19,22). The molecular weight excluding hydrogens is 339 g/mol. The Hall–Kier alpha value is -1.10. The van der Waals surface area contributed by atoms with Gasteiger partial charge in [0.1, 0.15) is 0 Å². The minimum absolute atomic E-state index is 0.00496. The van der Waals surface area contributed by atoms with Crippen LogP contribution < -0.4 is 5.32 Å². The molecule has 1 N–H and O–H groups in total. The molecule has 0 fully saturated rings. The van der Waals surface area contributed by atoms with Crippen molar-refractivity contribution in [1.82, 2.24) is 10.2 Å². The van der Waals surface area contributed by atoms with Crippen molar-refractivity contribution >= 4 is 46.3 Å². The second kappa shape index (κ2) is 6.99. The third kappa shape index (κ3) is 3.14. The fraction of sp³-hybridized carbons (Fsp3) is 0.375. The second-order valence-electron chi connectivity index (χ2n) is 5.23. The first-order valence-electron chi connectivity index (χ1n) is 7.12. The van der Waals surface area contributed by atoms with Gasteiger partial charge in [-0.1, -0.05) is 42.3 Å². The monoisotopic (exact) mass is 356 g/mol. The van der Waals surface area contributed by atoms with Gasteiger partial charge in [0.15, 0.2) is 10.9 Å². The Morgan fingerprint density at radius 3 is 2.68 bits per heavy atom. The Morgan fingerprint density at radius 2 is 2.09 bits per heavy atom. The molecule has 1 atom stereocenters. The summed E-state index contributed by atoms with van der Waals surface area (Å²) in [5.41, 5.74) is 2.31. The highest BCUT2D eigenvalue weighted by atomic mass is 35.5. The minimum atomic E-state index is -0.371. The molecule has 3 nitrogen and oxygen atoms in total. The number of halogens is 2. The van der Waals surface area contributed by atoms with Gasteiger partial charge in [0, 0.05) is 17.8 Å². The van der Waals surface area contributed by atoms with E-state index in [1.165, 1.54) is 0 Å². The number of hydrogen-bond donors (Lipinski definition) is 1. The van der Waals surface area contributed by atoms with Gasteiger partial charge in [-0.05, 0) is 44.1 Å². The molecule has 118 valence electrons. The number of Topliss-reactive ketones (excluding diaryl/α,β-unsaturated/α-hetero) is 1. The van der Waals surface area contributed by atoms with Gasteiger partial charge in [0.2, 0.25) is 0 Å². The summed E-state index contributed by atoms with van der Waals surface area (Å²) < 4.78 is 0. The summed E-state index contributed by atoms with van der Waals surface area (Å²) in [5.74, 6) is -0.00496. The van der Waals surface area contributed by atoms with Crippen LogP contribution in [0.25, 0.3) is 0 Å². The van der Waals surface area contributed by atoms with Crippen molar-refractivity contribution in [2.75, 3.05) is 6.54 Å². The molecular formula is C16H18Cl2N2OS. The van der Waals surface area contributed by atoms with Gasteiger partial charge in [-0.25, -0.2) is 0 Å². The van der Waals surface area contributed by atoms with Crippen LogP contribution in [-0.4, -0.2) is 22.3 Å². The predicted molar refractivity (Wildman–Crippen MR) is 95.3 cm³/mol. The molecule has 1 aromatic carbocycles. The van der Waals surface area contributed by atoms with Gasteiger partial charge in [0.05, 0.1) is 16.1 Å². The maximum atomic E-state index is 12.2. The number of rotatable bonds is 4. The van der Waals surface area contributed by atoms with E-state index >= 15 is 0 Å². The fourth-order valence-electron chi connectivity index (χ4n) is 2.71. The zero-order chi connectivity index (χ0) is 16.4. The zero-order valence-electron chi connectivity index (χ0n) is 12.7. The van der Waals surface area contributed by atoms with E-state index in [-0.39, 0.29) is 11.8 Å². The van der Waals surface area contributed by atoms with Crippen molar-refractivity contribution in [1.29, 1.82) is 0 Å². The Balaban J connectivity index is 2.58. The SMILES string of the molecule is CCCN1C(=S)NC(c2cccc(Cl)c2Cl)C(C(C)=O)=C1C. The summed E-state index contributed by atoms with van der Waals surface area (Å²) in [6.45, 7) is 6.32. The Labute approximate surface area is 146 Å². The topological polar surface area (TPSA) is 32.3 Å². The highest BCUT2D eigenvalue weighted by molar-refractivity contribution is 7.80. The first kappa shape index (κ1) is 17.3. The van der Waals surface area contributed by atoms with Crippen molar-refractivity contribution in [3.63, 3.8) is 0 Å². The maximum absolute atomic E-state index is 12.2. The fourth-order valence-corrected chi connectivity index (χ4v) is 3.47. The third-order valence-corrected chi connectivity index (χ3v) is 4.89. The molecule has 6 heteroatoms. The number of carbonyl (C=O) groups is 1. The summed E-state index contributed by atoms with van der Waals surface area (Å²) in [5, 5.41) is 4.74. The number of ketones is 1. The number of nitrogens with zero attached hydrogens (tertiary/aromatic N) is 1. The molecule has 0 amide bonds. The molecule has 0 aliphatic carbocycles. The van der Waals surface area contributed by atoms with Gasteiger partial charge in [-0.2, -0.15) is 0 Å². The lowest BCUT2D eigenvalue weighted by molar-refractivity contribution is -0.114. The summed E-state index contributed by atoms with van der Waals surface area (Å²) in [6, 6.07) is 5.03. The van der Waals surface area contributed by atoms with Crippen LogP contribution >= 0.6 is 35.4 Å². The van der Waals surface area contributed by atoms with Crippen molar-refractivity contribution in [3.8, 4) is 0 Å². The van der Waals surface area contributed by atoms with Crippen molar-refractivity contribution in [2.45, 2.75) is 33.2 Å². The Bertz CT molecular complexity index is 658. The van der Waals surface area contributed by atoms with Gasteiger partial charge in [0.25, 0.3) is 0 Å². The molecule has 1 unspecified atom stereocenters. The number of thiocarbonyl (C=S) groups is 1. The summed E-state index contributed by atoms with van der Waals surface area (Å²) >= 11 is 17.9. The number of hydrogen-bond acceptors (Lipinski definition) is 2. The molecule has 0 spiro atoms.